The van der Waals surface area contributed by atoms with E-state index in [-0.39, 0.29) is 5.84 Å². The highest BCUT2D eigenvalue weighted by Gasteiger charge is 2.12. The Morgan fingerprint density at radius 2 is 2.24 bits per heavy atom. The first-order chi connectivity index (χ1) is 8.10. The van der Waals surface area contributed by atoms with Gasteiger partial charge in [0.05, 0.1) is 5.56 Å². The van der Waals surface area contributed by atoms with Crippen molar-refractivity contribution in [1.82, 2.24) is 4.98 Å². The molecular weight excluding hydrogens is 216 g/mol. The van der Waals surface area contributed by atoms with Gasteiger partial charge in [-0.3, -0.25) is 0 Å². The van der Waals surface area contributed by atoms with E-state index < -0.39 is 0 Å². The smallest absolute Gasteiger partial charge is 0.173 e. The second-order valence-corrected chi connectivity index (χ2v) is 4.08. The lowest BCUT2D eigenvalue weighted by molar-refractivity contribution is 0.318. The standard InChI is InChI=1S/C12H20N4O/c1-4-5-8-16(3)12-10(11(13)15-17)7-6-9(2)14-12/h6-7,17H,4-5,8H2,1-3H3,(H2,13,15). The molecule has 1 aromatic heterocycles. The minimum atomic E-state index is 0.0934. The minimum absolute atomic E-state index is 0.0934. The fourth-order valence-electron chi connectivity index (χ4n) is 1.59. The lowest BCUT2D eigenvalue weighted by Gasteiger charge is -2.20. The molecular formula is C12H20N4O. The summed E-state index contributed by atoms with van der Waals surface area (Å²) in [6.45, 7) is 4.97. The van der Waals surface area contributed by atoms with Crippen LogP contribution in [0.5, 0.6) is 0 Å². The third-order valence-electron chi connectivity index (χ3n) is 2.61. The molecule has 0 saturated heterocycles. The molecule has 1 aromatic rings. The van der Waals surface area contributed by atoms with E-state index in [1.807, 2.05) is 31.0 Å². The first-order valence-corrected chi connectivity index (χ1v) is 5.76. The van der Waals surface area contributed by atoms with E-state index in [1.165, 1.54) is 0 Å². The summed E-state index contributed by atoms with van der Waals surface area (Å²) in [5, 5.41) is 11.8. The molecule has 0 bridgehead atoms. The molecule has 0 unspecified atom stereocenters. The van der Waals surface area contributed by atoms with Gasteiger partial charge in [-0.2, -0.15) is 0 Å². The second kappa shape index (κ2) is 6.08. The molecule has 0 amide bonds. The van der Waals surface area contributed by atoms with Gasteiger partial charge < -0.3 is 15.8 Å². The molecule has 0 aliphatic rings. The Kier molecular flexibility index (Phi) is 4.75. The number of nitrogens with two attached hydrogens (primary N) is 1. The molecule has 0 spiro atoms. The van der Waals surface area contributed by atoms with Crippen molar-refractivity contribution in [3.8, 4) is 0 Å². The molecule has 94 valence electrons. The van der Waals surface area contributed by atoms with Gasteiger partial charge in [0.2, 0.25) is 0 Å². The molecule has 0 radical (unpaired) electrons. The average Bonchev–Trinajstić information content (AvgIpc) is 2.34. The van der Waals surface area contributed by atoms with Gasteiger partial charge in [0.25, 0.3) is 0 Å². The Bertz CT molecular complexity index is 403. The van der Waals surface area contributed by atoms with Crippen LogP contribution in [0.25, 0.3) is 0 Å². The lowest BCUT2D eigenvalue weighted by Crippen LogP contribution is -2.25. The summed E-state index contributed by atoms with van der Waals surface area (Å²) in [7, 11) is 1.96. The largest absolute Gasteiger partial charge is 0.409 e. The van der Waals surface area contributed by atoms with Gasteiger partial charge in [-0.1, -0.05) is 18.5 Å². The van der Waals surface area contributed by atoms with Crippen molar-refractivity contribution in [3.63, 3.8) is 0 Å². The molecule has 1 heterocycles. The fraction of sp³-hybridized carbons (Fsp3) is 0.500. The van der Waals surface area contributed by atoms with E-state index in [0.717, 1.165) is 30.9 Å². The predicted molar refractivity (Wildman–Crippen MR) is 69.7 cm³/mol. The van der Waals surface area contributed by atoms with Crippen molar-refractivity contribution in [2.45, 2.75) is 26.7 Å². The van der Waals surface area contributed by atoms with Crippen LogP contribution in [0, 0.1) is 6.92 Å². The lowest BCUT2D eigenvalue weighted by atomic mass is 10.2. The molecule has 1 rings (SSSR count). The van der Waals surface area contributed by atoms with Crippen molar-refractivity contribution < 1.29 is 5.21 Å². The first kappa shape index (κ1) is 13.3. The summed E-state index contributed by atoms with van der Waals surface area (Å²) in [6.07, 6.45) is 2.21. The van der Waals surface area contributed by atoms with Gasteiger partial charge >= 0.3 is 0 Å². The number of rotatable bonds is 5. The van der Waals surface area contributed by atoms with Gasteiger partial charge in [-0.25, -0.2) is 4.98 Å². The molecule has 0 aliphatic carbocycles. The summed E-state index contributed by atoms with van der Waals surface area (Å²) in [4.78, 5) is 6.48. The number of aromatic nitrogens is 1. The van der Waals surface area contributed by atoms with Gasteiger partial charge in [-0.05, 0) is 25.5 Å². The molecule has 5 nitrogen and oxygen atoms in total. The number of nitrogens with zero attached hydrogens (tertiary/aromatic N) is 3. The fourth-order valence-corrected chi connectivity index (χ4v) is 1.59. The normalized spacial score (nSPS) is 11.6. The molecule has 17 heavy (non-hydrogen) atoms. The molecule has 3 N–H and O–H groups in total. The zero-order valence-electron chi connectivity index (χ0n) is 10.6. The van der Waals surface area contributed by atoms with Crippen LogP contribution in [-0.2, 0) is 0 Å². The molecule has 5 heteroatoms. The van der Waals surface area contributed by atoms with Crippen LogP contribution < -0.4 is 10.6 Å². The molecule has 0 saturated carbocycles. The van der Waals surface area contributed by atoms with Gasteiger partial charge in [0.15, 0.2) is 5.84 Å². The summed E-state index contributed by atoms with van der Waals surface area (Å²) in [5.74, 6) is 0.851. The van der Waals surface area contributed by atoms with E-state index in [1.54, 1.807) is 0 Å². The van der Waals surface area contributed by atoms with Crippen LogP contribution in [-0.4, -0.2) is 29.6 Å². The number of pyridine rings is 1. The Morgan fingerprint density at radius 1 is 1.53 bits per heavy atom. The van der Waals surface area contributed by atoms with Crippen molar-refractivity contribution >= 4 is 11.7 Å². The predicted octanol–water partition coefficient (Wildman–Crippen LogP) is 1.72. The monoisotopic (exact) mass is 236 g/mol. The number of hydrogen-bond acceptors (Lipinski definition) is 4. The Balaban J connectivity index is 3.06. The zero-order valence-corrected chi connectivity index (χ0v) is 10.6. The van der Waals surface area contributed by atoms with Crippen LogP contribution in [0.3, 0.4) is 0 Å². The van der Waals surface area contributed by atoms with Crippen molar-refractivity contribution in [2.24, 2.45) is 10.9 Å². The second-order valence-electron chi connectivity index (χ2n) is 4.08. The van der Waals surface area contributed by atoms with E-state index in [4.69, 9.17) is 10.9 Å². The zero-order chi connectivity index (χ0) is 12.8. The van der Waals surface area contributed by atoms with Crippen molar-refractivity contribution in [3.05, 3.63) is 23.4 Å². The van der Waals surface area contributed by atoms with Gasteiger partial charge in [0, 0.05) is 19.3 Å². The number of aryl methyl sites for hydroxylation is 1. The molecule has 0 aromatic carbocycles. The van der Waals surface area contributed by atoms with Crippen molar-refractivity contribution in [2.75, 3.05) is 18.5 Å². The molecule has 0 fully saturated rings. The number of hydrogen-bond donors (Lipinski definition) is 2. The Hall–Kier alpha value is -1.78. The number of unbranched alkanes of at least 4 members (excludes halogenated alkanes) is 1. The Morgan fingerprint density at radius 3 is 2.82 bits per heavy atom. The summed E-state index contributed by atoms with van der Waals surface area (Å²) >= 11 is 0. The number of anilines is 1. The highest BCUT2D eigenvalue weighted by Crippen LogP contribution is 2.17. The van der Waals surface area contributed by atoms with Crippen LogP contribution in [0.15, 0.2) is 17.3 Å². The van der Waals surface area contributed by atoms with Gasteiger partial charge in [-0.15, -0.1) is 0 Å². The van der Waals surface area contributed by atoms with E-state index >= 15 is 0 Å². The third-order valence-corrected chi connectivity index (χ3v) is 2.61. The third kappa shape index (κ3) is 3.34. The summed E-state index contributed by atoms with van der Waals surface area (Å²) < 4.78 is 0. The van der Waals surface area contributed by atoms with Crippen LogP contribution >= 0.6 is 0 Å². The van der Waals surface area contributed by atoms with Crippen LogP contribution in [0.2, 0.25) is 0 Å². The van der Waals surface area contributed by atoms with E-state index in [0.29, 0.717) is 5.56 Å². The summed E-state index contributed by atoms with van der Waals surface area (Å²) in [5.41, 5.74) is 7.22. The average molecular weight is 236 g/mol. The quantitative estimate of drug-likeness (QED) is 0.353. The number of oxime groups is 1. The van der Waals surface area contributed by atoms with Crippen LogP contribution in [0.1, 0.15) is 31.0 Å². The maximum absolute atomic E-state index is 8.76. The highest BCUT2D eigenvalue weighted by molar-refractivity contribution is 6.01. The molecule has 0 aliphatic heterocycles. The maximum atomic E-state index is 8.76. The Labute approximate surface area is 102 Å². The van der Waals surface area contributed by atoms with E-state index in [9.17, 15) is 0 Å². The topological polar surface area (TPSA) is 74.7 Å². The summed E-state index contributed by atoms with van der Waals surface area (Å²) in [6, 6.07) is 3.68. The minimum Gasteiger partial charge on any atom is -0.409 e. The highest BCUT2D eigenvalue weighted by atomic mass is 16.4. The van der Waals surface area contributed by atoms with Crippen molar-refractivity contribution in [1.29, 1.82) is 0 Å². The first-order valence-electron chi connectivity index (χ1n) is 5.76. The SMILES string of the molecule is CCCCN(C)c1nc(C)ccc1C(N)=NO. The van der Waals surface area contributed by atoms with E-state index in [2.05, 4.69) is 17.1 Å². The van der Waals surface area contributed by atoms with Gasteiger partial charge in [0.1, 0.15) is 5.82 Å². The van der Waals surface area contributed by atoms with Crippen LogP contribution in [0.4, 0.5) is 5.82 Å². The molecule has 0 atom stereocenters. The maximum Gasteiger partial charge on any atom is 0.173 e. The number of amidine groups is 1.